The van der Waals surface area contributed by atoms with Gasteiger partial charge in [-0.3, -0.25) is 4.79 Å². The third-order valence-corrected chi connectivity index (χ3v) is 6.13. The lowest BCUT2D eigenvalue weighted by atomic mass is 9.52. The van der Waals surface area contributed by atoms with Crippen LogP contribution in [0.3, 0.4) is 0 Å². The minimum Gasteiger partial charge on any atom is -0.426 e. The standard InChI is InChI=1S/C24H20O3/c25-15-24(23(26)27-16-8-2-1-3-9-16)14-21-17-10-4-6-12-19(17)22(24)20-13-7-5-11-18(20)21/h1-13,21-22,25H,14-15H2. The van der Waals surface area contributed by atoms with Crippen LogP contribution in [0.4, 0.5) is 0 Å². The Bertz CT molecular complexity index is 963. The van der Waals surface area contributed by atoms with Gasteiger partial charge in [-0.15, -0.1) is 0 Å². The van der Waals surface area contributed by atoms with Crippen molar-refractivity contribution in [3.8, 4) is 5.75 Å². The quantitative estimate of drug-likeness (QED) is 0.564. The molecule has 0 amide bonds. The number of carbonyl (C=O) groups excluding carboxylic acids is 1. The third-order valence-electron chi connectivity index (χ3n) is 6.13. The van der Waals surface area contributed by atoms with Crippen LogP contribution < -0.4 is 4.74 Å². The number of rotatable bonds is 3. The fraction of sp³-hybridized carbons (Fsp3) is 0.208. The van der Waals surface area contributed by atoms with E-state index in [0.717, 1.165) is 11.1 Å². The second-order valence-electron chi connectivity index (χ2n) is 7.46. The molecule has 3 aromatic carbocycles. The molecule has 0 aliphatic heterocycles. The van der Waals surface area contributed by atoms with Gasteiger partial charge >= 0.3 is 5.97 Å². The summed E-state index contributed by atoms with van der Waals surface area (Å²) in [5, 5.41) is 10.5. The molecule has 0 heterocycles. The van der Waals surface area contributed by atoms with Crippen LogP contribution in [0.25, 0.3) is 0 Å². The molecule has 0 aromatic heterocycles. The first-order chi connectivity index (χ1) is 13.2. The molecular weight excluding hydrogens is 336 g/mol. The van der Waals surface area contributed by atoms with Crippen molar-refractivity contribution >= 4 is 5.97 Å². The van der Waals surface area contributed by atoms with Crippen molar-refractivity contribution in [3.63, 3.8) is 0 Å². The van der Waals surface area contributed by atoms with Gasteiger partial charge in [-0.2, -0.15) is 0 Å². The average molecular weight is 356 g/mol. The van der Waals surface area contributed by atoms with E-state index in [1.54, 1.807) is 12.1 Å². The molecule has 3 heteroatoms. The third kappa shape index (κ3) is 2.28. The normalized spacial score (nSPS) is 24.8. The Morgan fingerprint density at radius 1 is 0.852 bits per heavy atom. The molecule has 1 unspecified atom stereocenters. The van der Waals surface area contributed by atoms with Gasteiger partial charge in [-0.1, -0.05) is 66.7 Å². The van der Waals surface area contributed by atoms with Crippen LogP contribution in [0, 0.1) is 5.41 Å². The molecule has 0 saturated carbocycles. The zero-order chi connectivity index (χ0) is 18.4. The molecule has 0 saturated heterocycles. The highest BCUT2D eigenvalue weighted by Crippen LogP contribution is 2.61. The Kier molecular flexibility index (Phi) is 3.66. The summed E-state index contributed by atoms with van der Waals surface area (Å²) in [5.41, 5.74) is 3.82. The van der Waals surface area contributed by atoms with Crippen LogP contribution in [-0.2, 0) is 4.79 Å². The van der Waals surface area contributed by atoms with Crippen LogP contribution >= 0.6 is 0 Å². The van der Waals surface area contributed by atoms with Gasteiger partial charge < -0.3 is 9.84 Å². The Balaban J connectivity index is 1.66. The second kappa shape index (κ2) is 6.07. The van der Waals surface area contributed by atoms with Gasteiger partial charge in [0.1, 0.15) is 11.2 Å². The van der Waals surface area contributed by atoms with Crippen molar-refractivity contribution in [1.29, 1.82) is 0 Å². The first-order valence-corrected chi connectivity index (χ1v) is 9.30. The maximum atomic E-state index is 13.3. The predicted octanol–water partition coefficient (Wildman–Crippen LogP) is 4.25. The minimum atomic E-state index is -0.969. The highest BCUT2D eigenvalue weighted by Gasteiger charge is 2.57. The molecule has 134 valence electrons. The van der Waals surface area contributed by atoms with Crippen molar-refractivity contribution < 1.29 is 14.6 Å². The van der Waals surface area contributed by atoms with E-state index < -0.39 is 5.41 Å². The number of benzene rings is 3. The SMILES string of the molecule is O=C(Oc1ccccc1)C1(CO)CC2c3ccccc3C1c1ccccc12. The monoisotopic (exact) mass is 356 g/mol. The topological polar surface area (TPSA) is 46.5 Å². The van der Waals surface area contributed by atoms with Crippen LogP contribution in [0.15, 0.2) is 78.9 Å². The highest BCUT2D eigenvalue weighted by atomic mass is 16.5. The highest BCUT2D eigenvalue weighted by molar-refractivity contribution is 5.84. The van der Waals surface area contributed by atoms with Gasteiger partial charge in [0.05, 0.1) is 6.61 Å². The zero-order valence-electron chi connectivity index (χ0n) is 14.8. The van der Waals surface area contributed by atoms with E-state index in [0.29, 0.717) is 12.2 Å². The van der Waals surface area contributed by atoms with Gasteiger partial charge in [-0.25, -0.2) is 0 Å². The summed E-state index contributed by atoms with van der Waals surface area (Å²) in [7, 11) is 0. The second-order valence-corrected chi connectivity index (χ2v) is 7.46. The maximum Gasteiger partial charge on any atom is 0.320 e. The summed E-state index contributed by atoms with van der Waals surface area (Å²) in [5.74, 6) is 0.0579. The van der Waals surface area contributed by atoms with E-state index in [9.17, 15) is 9.90 Å². The van der Waals surface area contributed by atoms with Crippen molar-refractivity contribution in [2.75, 3.05) is 6.61 Å². The first-order valence-electron chi connectivity index (χ1n) is 9.30. The van der Waals surface area contributed by atoms with Crippen LogP contribution in [0.5, 0.6) is 5.75 Å². The minimum absolute atomic E-state index is 0.0953. The average Bonchev–Trinajstić information content (AvgIpc) is 2.74. The lowest BCUT2D eigenvalue weighted by Crippen LogP contribution is -2.50. The number of aliphatic hydroxyl groups is 1. The van der Waals surface area contributed by atoms with Gasteiger partial charge in [0.2, 0.25) is 0 Å². The number of para-hydroxylation sites is 1. The smallest absolute Gasteiger partial charge is 0.320 e. The number of fused-ring (bicyclic) bond motifs is 1. The first kappa shape index (κ1) is 16.3. The van der Waals surface area contributed by atoms with Gasteiger partial charge in [0, 0.05) is 11.8 Å². The Labute approximate surface area is 158 Å². The Hall–Kier alpha value is -2.91. The van der Waals surface area contributed by atoms with Gasteiger partial charge in [0.25, 0.3) is 0 Å². The van der Waals surface area contributed by atoms with E-state index in [-0.39, 0.29) is 24.4 Å². The molecule has 3 aliphatic carbocycles. The fourth-order valence-corrected chi connectivity index (χ4v) is 4.93. The molecule has 0 radical (unpaired) electrons. The number of hydrogen-bond acceptors (Lipinski definition) is 3. The summed E-state index contributed by atoms with van der Waals surface area (Å²) < 4.78 is 5.73. The predicted molar refractivity (Wildman–Crippen MR) is 103 cm³/mol. The van der Waals surface area contributed by atoms with E-state index in [4.69, 9.17) is 4.74 Å². The van der Waals surface area contributed by atoms with E-state index in [1.165, 1.54) is 11.1 Å². The van der Waals surface area contributed by atoms with Gasteiger partial charge in [0.15, 0.2) is 0 Å². The molecular formula is C24H20O3. The number of carbonyl (C=O) groups is 1. The molecule has 1 atom stereocenters. The summed E-state index contributed by atoms with van der Waals surface area (Å²) in [6, 6.07) is 25.7. The molecule has 6 rings (SSSR count). The lowest BCUT2D eigenvalue weighted by Gasteiger charge is -2.50. The van der Waals surface area contributed by atoms with Crippen LogP contribution in [0.2, 0.25) is 0 Å². The number of hydrogen-bond donors (Lipinski definition) is 1. The summed E-state index contributed by atoms with van der Waals surface area (Å²) in [6.07, 6.45) is 0.563. The molecule has 0 fully saturated rings. The molecule has 3 aliphatic rings. The Morgan fingerprint density at radius 2 is 1.37 bits per heavy atom. The molecule has 3 nitrogen and oxygen atoms in total. The van der Waals surface area contributed by atoms with Crippen LogP contribution in [0.1, 0.15) is 40.5 Å². The summed E-state index contributed by atoms with van der Waals surface area (Å²) in [6.45, 7) is -0.234. The number of ether oxygens (including phenoxy) is 1. The zero-order valence-corrected chi connectivity index (χ0v) is 14.8. The van der Waals surface area contributed by atoms with E-state index >= 15 is 0 Å². The molecule has 0 spiro atoms. The van der Waals surface area contributed by atoms with E-state index in [1.807, 2.05) is 42.5 Å². The van der Waals surface area contributed by atoms with Gasteiger partial charge in [-0.05, 0) is 40.8 Å². The van der Waals surface area contributed by atoms with E-state index in [2.05, 4.69) is 24.3 Å². The summed E-state index contributed by atoms with van der Waals surface area (Å²) >= 11 is 0. The molecule has 3 aromatic rings. The van der Waals surface area contributed by atoms with Crippen molar-refractivity contribution in [1.82, 2.24) is 0 Å². The van der Waals surface area contributed by atoms with Crippen molar-refractivity contribution in [3.05, 3.63) is 101 Å². The summed E-state index contributed by atoms with van der Waals surface area (Å²) in [4.78, 5) is 13.3. The lowest BCUT2D eigenvalue weighted by molar-refractivity contribution is -0.151. The largest absolute Gasteiger partial charge is 0.426 e. The number of aliphatic hydroxyl groups excluding tert-OH is 1. The van der Waals surface area contributed by atoms with Crippen molar-refractivity contribution in [2.45, 2.75) is 18.3 Å². The molecule has 27 heavy (non-hydrogen) atoms. The number of esters is 1. The fourth-order valence-electron chi connectivity index (χ4n) is 4.93. The maximum absolute atomic E-state index is 13.3. The Morgan fingerprint density at radius 3 is 1.93 bits per heavy atom. The molecule has 2 bridgehead atoms. The van der Waals surface area contributed by atoms with Crippen molar-refractivity contribution in [2.24, 2.45) is 5.41 Å². The van der Waals surface area contributed by atoms with Crippen LogP contribution in [-0.4, -0.2) is 17.7 Å². The molecule has 1 N–H and O–H groups in total.